The molecule has 0 bridgehead atoms. The van der Waals surface area contributed by atoms with Crippen LogP contribution in [0, 0.1) is 0 Å². The molecule has 0 amide bonds. The summed E-state index contributed by atoms with van der Waals surface area (Å²) in [5, 5.41) is 11.1. The SMILES string of the molecule is CBr.CC.CC1(C)CCC(C)(C)N1O. The maximum absolute atomic E-state index is 9.62. The molecule has 1 aliphatic heterocycles. The number of halogens is 1. The Morgan fingerprint density at radius 2 is 1.14 bits per heavy atom. The van der Waals surface area contributed by atoms with Gasteiger partial charge in [0.05, 0.1) is 0 Å². The number of hydroxylamine groups is 2. The van der Waals surface area contributed by atoms with E-state index in [1.54, 1.807) is 0 Å². The summed E-state index contributed by atoms with van der Waals surface area (Å²) in [4.78, 5) is 0. The Morgan fingerprint density at radius 3 is 1.21 bits per heavy atom. The van der Waals surface area contributed by atoms with Crippen LogP contribution in [-0.2, 0) is 0 Å². The van der Waals surface area contributed by atoms with Crippen molar-refractivity contribution in [2.24, 2.45) is 0 Å². The van der Waals surface area contributed by atoms with Gasteiger partial charge in [-0.1, -0.05) is 29.8 Å². The fraction of sp³-hybridized carbons (Fsp3) is 1.00. The van der Waals surface area contributed by atoms with Crippen molar-refractivity contribution in [3.63, 3.8) is 0 Å². The van der Waals surface area contributed by atoms with E-state index in [2.05, 4.69) is 43.6 Å². The molecule has 3 heteroatoms. The lowest BCUT2D eigenvalue weighted by atomic mass is 10.0. The van der Waals surface area contributed by atoms with E-state index in [1.807, 2.05) is 19.7 Å². The predicted octanol–water partition coefficient (Wildman–Crippen LogP) is 4.07. The van der Waals surface area contributed by atoms with Gasteiger partial charge in [0.15, 0.2) is 0 Å². The van der Waals surface area contributed by atoms with Crippen molar-refractivity contribution in [1.29, 1.82) is 0 Å². The van der Waals surface area contributed by atoms with Crippen LogP contribution in [0.1, 0.15) is 54.4 Å². The standard InChI is InChI=1S/C8H17NO.C2H6.CH3Br/c1-7(2)5-6-8(3,4)9(7)10;2*1-2/h10H,5-6H2,1-4H3;1-2H3;1H3. The fourth-order valence-electron chi connectivity index (χ4n) is 1.64. The average molecular weight is 268 g/mol. The summed E-state index contributed by atoms with van der Waals surface area (Å²) in [6.45, 7) is 12.3. The maximum atomic E-state index is 9.62. The molecule has 0 spiro atoms. The Hall–Kier alpha value is 0.400. The van der Waals surface area contributed by atoms with E-state index in [0.29, 0.717) is 0 Å². The summed E-state index contributed by atoms with van der Waals surface area (Å²) in [6, 6.07) is 0. The van der Waals surface area contributed by atoms with Crippen molar-refractivity contribution in [3.05, 3.63) is 0 Å². The maximum Gasteiger partial charge on any atom is 0.0411 e. The van der Waals surface area contributed by atoms with Gasteiger partial charge in [0.25, 0.3) is 0 Å². The third kappa shape index (κ3) is 4.28. The van der Waals surface area contributed by atoms with Gasteiger partial charge in [0, 0.05) is 11.1 Å². The van der Waals surface area contributed by atoms with Crippen LogP contribution in [0.15, 0.2) is 0 Å². The van der Waals surface area contributed by atoms with Crippen LogP contribution >= 0.6 is 15.9 Å². The first-order chi connectivity index (χ1) is 6.36. The van der Waals surface area contributed by atoms with Crippen molar-refractivity contribution >= 4 is 15.9 Å². The van der Waals surface area contributed by atoms with Crippen molar-refractivity contribution in [2.75, 3.05) is 5.83 Å². The lowest BCUT2D eigenvalue weighted by Crippen LogP contribution is -2.45. The molecular formula is C11H26BrNO. The van der Waals surface area contributed by atoms with Crippen LogP contribution in [0.25, 0.3) is 0 Å². The number of rotatable bonds is 0. The first-order valence-electron chi connectivity index (χ1n) is 5.23. The Morgan fingerprint density at radius 1 is 0.929 bits per heavy atom. The van der Waals surface area contributed by atoms with E-state index >= 15 is 0 Å². The normalized spacial score (nSPS) is 22.9. The molecule has 0 aromatic heterocycles. The van der Waals surface area contributed by atoms with Crippen LogP contribution in [-0.4, -0.2) is 27.2 Å². The predicted molar refractivity (Wildman–Crippen MR) is 67.2 cm³/mol. The summed E-state index contributed by atoms with van der Waals surface area (Å²) in [6.07, 6.45) is 2.16. The smallest absolute Gasteiger partial charge is 0.0411 e. The van der Waals surface area contributed by atoms with Gasteiger partial charge < -0.3 is 5.21 Å². The molecule has 0 saturated carbocycles. The van der Waals surface area contributed by atoms with Gasteiger partial charge in [0.2, 0.25) is 0 Å². The largest absolute Gasteiger partial charge is 0.313 e. The number of hydrogen-bond acceptors (Lipinski definition) is 2. The van der Waals surface area contributed by atoms with Crippen LogP contribution in [0.4, 0.5) is 0 Å². The Bertz CT molecular complexity index is 130. The molecular weight excluding hydrogens is 242 g/mol. The van der Waals surface area contributed by atoms with Crippen molar-refractivity contribution in [1.82, 2.24) is 5.06 Å². The topological polar surface area (TPSA) is 23.5 Å². The molecule has 1 saturated heterocycles. The minimum Gasteiger partial charge on any atom is -0.313 e. The Kier molecular flexibility index (Phi) is 8.17. The van der Waals surface area contributed by atoms with E-state index in [-0.39, 0.29) is 11.1 Å². The highest BCUT2D eigenvalue weighted by Gasteiger charge is 2.43. The molecule has 1 fully saturated rings. The lowest BCUT2D eigenvalue weighted by Gasteiger charge is -2.34. The van der Waals surface area contributed by atoms with Gasteiger partial charge in [-0.25, -0.2) is 0 Å². The monoisotopic (exact) mass is 267 g/mol. The highest BCUT2D eigenvalue weighted by Crippen LogP contribution is 2.38. The van der Waals surface area contributed by atoms with Gasteiger partial charge in [-0.05, 0) is 46.4 Å². The van der Waals surface area contributed by atoms with E-state index in [1.165, 1.54) is 5.06 Å². The quantitative estimate of drug-likeness (QED) is 0.669. The minimum atomic E-state index is -0.0243. The van der Waals surface area contributed by atoms with E-state index in [0.717, 1.165) is 12.8 Å². The molecule has 0 unspecified atom stereocenters. The molecule has 1 rings (SSSR count). The lowest BCUT2D eigenvalue weighted by molar-refractivity contribution is -0.191. The van der Waals surface area contributed by atoms with Gasteiger partial charge in [-0.15, -0.1) is 0 Å². The highest BCUT2D eigenvalue weighted by molar-refractivity contribution is 9.08. The number of hydrogen-bond donors (Lipinski definition) is 1. The molecule has 88 valence electrons. The zero-order valence-electron chi connectivity index (χ0n) is 10.7. The van der Waals surface area contributed by atoms with Gasteiger partial charge in [-0.3, -0.25) is 0 Å². The minimum absolute atomic E-state index is 0.0243. The zero-order chi connectivity index (χ0) is 12.0. The first kappa shape index (κ1) is 16.8. The molecule has 0 atom stereocenters. The molecule has 2 nitrogen and oxygen atoms in total. The second-order valence-electron chi connectivity index (χ2n) is 4.44. The summed E-state index contributed by atoms with van der Waals surface area (Å²) >= 11 is 2.94. The van der Waals surface area contributed by atoms with Gasteiger partial charge >= 0.3 is 0 Å². The van der Waals surface area contributed by atoms with Crippen LogP contribution < -0.4 is 0 Å². The van der Waals surface area contributed by atoms with Crippen molar-refractivity contribution < 1.29 is 5.21 Å². The molecule has 1 N–H and O–H groups in total. The number of nitrogens with zero attached hydrogens (tertiary/aromatic N) is 1. The van der Waals surface area contributed by atoms with Crippen molar-refractivity contribution in [2.45, 2.75) is 65.5 Å². The molecule has 0 aliphatic carbocycles. The zero-order valence-corrected chi connectivity index (χ0v) is 12.3. The summed E-state index contributed by atoms with van der Waals surface area (Å²) in [7, 11) is 0. The highest BCUT2D eigenvalue weighted by atomic mass is 79.9. The van der Waals surface area contributed by atoms with Crippen LogP contribution in [0.2, 0.25) is 0 Å². The second kappa shape index (κ2) is 6.81. The van der Waals surface area contributed by atoms with E-state index in [9.17, 15) is 5.21 Å². The molecule has 14 heavy (non-hydrogen) atoms. The van der Waals surface area contributed by atoms with E-state index in [4.69, 9.17) is 0 Å². The first-order valence-corrected chi connectivity index (χ1v) is 6.82. The van der Waals surface area contributed by atoms with Gasteiger partial charge in [0.1, 0.15) is 0 Å². The molecule has 1 heterocycles. The third-order valence-corrected chi connectivity index (χ3v) is 2.50. The molecule has 0 aromatic carbocycles. The third-order valence-electron chi connectivity index (χ3n) is 2.50. The average Bonchev–Trinajstić information content (AvgIpc) is 2.37. The summed E-state index contributed by atoms with van der Waals surface area (Å²) in [5.74, 6) is 1.81. The van der Waals surface area contributed by atoms with Gasteiger partial charge in [-0.2, -0.15) is 5.06 Å². The molecule has 0 radical (unpaired) electrons. The van der Waals surface area contributed by atoms with Crippen molar-refractivity contribution in [3.8, 4) is 0 Å². The Balaban J connectivity index is 0. The van der Waals surface area contributed by atoms with Crippen LogP contribution in [0.5, 0.6) is 0 Å². The van der Waals surface area contributed by atoms with Crippen LogP contribution in [0.3, 0.4) is 0 Å². The Labute approximate surface area is 97.8 Å². The number of alkyl halides is 1. The fourth-order valence-corrected chi connectivity index (χ4v) is 1.64. The molecule has 0 aromatic rings. The summed E-state index contributed by atoms with van der Waals surface area (Å²) < 4.78 is 0. The summed E-state index contributed by atoms with van der Waals surface area (Å²) in [5.41, 5.74) is -0.0486. The second-order valence-corrected chi connectivity index (χ2v) is 4.44. The van der Waals surface area contributed by atoms with E-state index < -0.39 is 0 Å². The molecule has 1 aliphatic rings.